The molecule has 2 rings (SSSR count). The van der Waals surface area contributed by atoms with Gasteiger partial charge in [-0.25, -0.2) is 0 Å². The van der Waals surface area contributed by atoms with Crippen molar-refractivity contribution in [1.29, 1.82) is 0 Å². The average molecular weight is 181 g/mol. The summed E-state index contributed by atoms with van der Waals surface area (Å²) in [6.45, 7) is 4.23. The van der Waals surface area contributed by atoms with Crippen LogP contribution in [0.15, 0.2) is 4.99 Å². The Kier molecular flexibility index (Phi) is 2.41. The third-order valence-electron chi connectivity index (χ3n) is 3.07. The van der Waals surface area contributed by atoms with Gasteiger partial charge in [0.05, 0.1) is 5.60 Å². The van der Waals surface area contributed by atoms with Crippen molar-refractivity contribution in [3.8, 4) is 0 Å². The van der Waals surface area contributed by atoms with Crippen LogP contribution in [0.5, 0.6) is 0 Å². The Labute approximate surface area is 80.4 Å². The molecule has 2 aliphatic rings. The van der Waals surface area contributed by atoms with E-state index in [9.17, 15) is 0 Å². The van der Waals surface area contributed by atoms with Crippen LogP contribution < -0.4 is 0 Å². The van der Waals surface area contributed by atoms with Crippen molar-refractivity contribution in [3.63, 3.8) is 0 Å². The second-order valence-electron chi connectivity index (χ2n) is 4.73. The number of ether oxygens (including phenoxy) is 1. The van der Waals surface area contributed by atoms with E-state index in [1.165, 1.54) is 32.1 Å². The molecule has 0 aromatic carbocycles. The lowest BCUT2D eigenvalue weighted by molar-refractivity contribution is 0.337. The monoisotopic (exact) mass is 181 g/mol. The smallest absolute Gasteiger partial charge is 0.121 e. The van der Waals surface area contributed by atoms with Crippen LogP contribution in [0.1, 0.15) is 46.0 Å². The van der Waals surface area contributed by atoms with Crippen LogP contribution in [-0.4, -0.2) is 24.0 Å². The Hall–Kier alpha value is -0.370. The molecule has 1 saturated heterocycles. The fraction of sp³-hybridized carbons (Fsp3) is 0.909. The van der Waals surface area contributed by atoms with Gasteiger partial charge < -0.3 is 4.74 Å². The highest BCUT2D eigenvalue weighted by atomic mass is 16.6. The molecule has 0 spiro atoms. The van der Waals surface area contributed by atoms with Crippen molar-refractivity contribution < 1.29 is 4.74 Å². The third-order valence-corrected chi connectivity index (χ3v) is 3.07. The van der Waals surface area contributed by atoms with E-state index in [-0.39, 0.29) is 11.7 Å². The molecule has 2 heteroatoms. The summed E-state index contributed by atoms with van der Waals surface area (Å²) >= 11 is 0. The van der Waals surface area contributed by atoms with Gasteiger partial charge >= 0.3 is 0 Å². The van der Waals surface area contributed by atoms with Gasteiger partial charge in [0, 0.05) is 12.3 Å². The minimum atomic E-state index is 0.0676. The van der Waals surface area contributed by atoms with Gasteiger partial charge in [-0.05, 0) is 26.7 Å². The minimum Gasteiger partial charge on any atom is -0.361 e. The van der Waals surface area contributed by atoms with Crippen LogP contribution in [0.4, 0.5) is 0 Å². The summed E-state index contributed by atoms with van der Waals surface area (Å²) in [6.07, 6.45) is 8.99. The number of rotatable bonds is 2. The molecule has 1 heterocycles. The maximum Gasteiger partial charge on any atom is 0.121 e. The third kappa shape index (κ3) is 2.31. The van der Waals surface area contributed by atoms with Gasteiger partial charge in [0.25, 0.3) is 0 Å². The van der Waals surface area contributed by atoms with Crippen LogP contribution in [0.25, 0.3) is 0 Å². The zero-order valence-electron chi connectivity index (χ0n) is 8.62. The van der Waals surface area contributed by atoms with E-state index in [1.807, 2.05) is 6.21 Å². The van der Waals surface area contributed by atoms with E-state index in [0.717, 1.165) is 0 Å². The molecule has 1 aliphatic heterocycles. The molecule has 0 N–H and O–H groups in total. The van der Waals surface area contributed by atoms with E-state index in [2.05, 4.69) is 18.8 Å². The van der Waals surface area contributed by atoms with Gasteiger partial charge in [-0.2, -0.15) is 0 Å². The summed E-state index contributed by atoms with van der Waals surface area (Å²) in [5.41, 5.74) is 0.0676. The van der Waals surface area contributed by atoms with Gasteiger partial charge in [-0.1, -0.05) is 19.3 Å². The Bertz CT molecular complexity index is 204. The molecule has 0 aromatic rings. The Morgan fingerprint density at radius 3 is 2.38 bits per heavy atom. The zero-order valence-corrected chi connectivity index (χ0v) is 8.62. The average Bonchev–Trinajstić information content (AvgIpc) is 2.73. The fourth-order valence-corrected chi connectivity index (χ4v) is 1.93. The second kappa shape index (κ2) is 3.41. The summed E-state index contributed by atoms with van der Waals surface area (Å²) in [4.78, 5) is 4.59. The summed E-state index contributed by atoms with van der Waals surface area (Å²) in [5.74, 6) is 0. The normalized spacial score (nSPS) is 33.8. The van der Waals surface area contributed by atoms with E-state index in [4.69, 9.17) is 4.74 Å². The number of hydrogen-bond donors (Lipinski definition) is 0. The van der Waals surface area contributed by atoms with Crippen LogP contribution in [-0.2, 0) is 4.74 Å². The van der Waals surface area contributed by atoms with Crippen molar-refractivity contribution in [1.82, 2.24) is 0 Å². The van der Waals surface area contributed by atoms with Gasteiger partial charge in [0.15, 0.2) is 0 Å². The van der Waals surface area contributed by atoms with E-state index in [1.54, 1.807) is 0 Å². The van der Waals surface area contributed by atoms with E-state index < -0.39 is 0 Å². The van der Waals surface area contributed by atoms with Crippen LogP contribution in [0.2, 0.25) is 0 Å². The number of hydrogen-bond acceptors (Lipinski definition) is 2. The van der Waals surface area contributed by atoms with Gasteiger partial charge in [0.2, 0.25) is 0 Å². The van der Waals surface area contributed by atoms with E-state index in [0.29, 0.717) is 6.04 Å². The first-order valence-electron chi connectivity index (χ1n) is 5.39. The topological polar surface area (TPSA) is 24.9 Å². The molecular weight excluding hydrogens is 162 g/mol. The Balaban J connectivity index is 1.77. The van der Waals surface area contributed by atoms with Crippen molar-refractivity contribution in [2.24, 2.45) is 4.99 Å². The predicted molar refractivity (Wildman–Crippen MR) is 54.3 cm³/mol. The lowest BCUT2D eigenvalue weighted by atomic mass is 9.96. The molecule has 74 valence electrons. The van der Waals surface area contributed by atoms with Crippen LogP contribution in [0.3, 0.4) is 0 Å². The van der Waals surface area contributed by atoms with Crippen molar-refractivity contribution in [3.05, 3.63) is 0 Å². The summed E-state index contributed by atoms with van der Waals surface area (Å²) in [5, 5.41) is 0. The molecule has 0 aromatic heterocycles. The summed E-state index contributed by atoms with van der Waals surface area (Å²) < 4.78 is 5.45. The molecule has 0 radical (unpaired) electrons. The van der Waals surface area contributed by atoms with E-state index >= 15 is 0 Å². The first kappa shape index (κ1) is 9.20. The Morgan fingerprint density at radius 1 is 1.23 bits per heavy atom. The summed E-state index contributed by atoms with van der Waals surface area (Å²) in [6, 6.07) is 0.591. The standard InChI is InChI=1S/C11H19NO/c1-11(2)10(13-11)8-12-9-6-4-3-5-7-9/h8-10H,3-7H2,1-2H3/t10-/m1/s1. The van der Waals surface area contributed by atoms with Crippen LogP contribution >= 0.6 is 0 Å². The SMILES string of the molecule is CC1(C)O[C@@H]1C=NC1CCCCC1. The lowest BCUT2D eigenvalue weighted by Gasteiger charge is -2.16. The predicted octanol–water partition coefficient (Wildman–Crippen LogP) is 2.57. The lowest BCUT2D eigenvalue weighted by Crippen LogP contribution is -2.11. The van der Waals surface area contributed by atoms with Gasteiger partial charge in [-0.15, -0.1) is 0 Å². The number of nitrogens with zero attached hydrogens (tertiary/aromatic N) is 1. The molecule has 2 fully saturated rings. The first-order valence-corrected chi connectivity index (χ1v) is 5.39. The summed E-state index contributed by atoms with van der Waals surface area (Å²) in [7, 11) is 0. The number of epoxide rings is 1. The molecule has 2 nitrogen and oxygen atoms in total. The minimum absolute atomic E-state index is 0.0676. The maximum atomic E-state index is 5.45. The van der Waals surface area contributed by atoms with Crippen LogP contribution in [0, 0.1) is 0 Å². The highest BCUT2D eigenvalue weighted by Crippen LogP contribution is 2.34. The highest BCUT2D eigenvalue weighted by Gasteiger charge is 2.46. The Morgan fingerprint density at radius 2 is 1.85 bits per heavy atom. The highest BCUT2D eigenvalue weighted by molar-refractivity contribution is 5.68. The van der Waals surface area contributed by atoms with Gasteiger partial charge in [0.1, 0.15) is 6.10 Å². The molecule has 0 amide bonds. The van der Waals surface area contributed by atoms with Crippen molar-refractivity contribution >= 4 is 6.21 Å². The largest absolute Gasteiger partial charge is 0.361 e. The molecule has 1 saturated carbocycles. The molecule has 1 aliphatic carbocycles. The van der Waals surface area contributed by atoms with Crippen molar-refractivity contribution in [2.75, 3.05) is 0 Å². The molecule has 13 heavy (non-hydrogen) atoms. The van der Waals surface area contributed by atoms with Crippen molar-refractivity contribution in [2.45, 2.75) is 63.7 Å². The quantitative estimate of drug-likeness (QED) is 0.474. The molecule has 0 unspecified atom stereocenters. The molecular formula is C11H19NO. The first-order chi connectivity index (χ1) is 6.18. The number of aliphatic imine (C=N–C) groups is 1. The molecule has 1 atom stereocenters. The molecule has 0 bridgehead atoms. The second-order valence-corrected chi connectivity index (χ2v) is 4.73. The fourth-order valence-electron chi connectivity index (χ4n) is 1.93. The maximum absolute atomic E-state index is 5.45. The zero-order chi connectivity index (χ0) is 9.31. The van der Waals surface area contributed by atoms with Gasteiger partial charge in [-0.3, -0.25) is 4.99 Å².